The van der Waals surface area contributed by atoms with Crippen LogP contribution in [0.1, 0.15) is 11.1 Å². The Kier molecular flexibility index (Phi) is 3.86. The predicted octanol–water partition coefficient (Wildman–Crippen LogP) is 2.39. The lowest BCUT2D eigenvalue weighted by molar-refractivity contribution is 0.601. The van der Waals surface area contributed by atoms with E-state index in [2.05, 4.69) is 0 Å². The predicted molar refractivity (Wildman–Crippen MR) is 88.3 cm³/mol. The Labute approximate surface area is 132 Å². The minimum Gasteiger partial charge on any atom is -0.296 e. The molecular weight excluding hydrogens is 295 g/mol. The monoisotopic (exact) mass is 312 g/mol. The van der Waals surface area contributed by atoms with E-state index in [1.54, 1.807) is 31.3 Å². The molecule has 0 unspecified atom stereocenters. The first-order valence-electron chi connectivity index (χ1n) is 7.42. The molecule has 2 aromatic carbocycles. The summed E-state index contributed by atoms with van der Waals surface area (Å²) < 4.78 is 15.7. The van der Waals surface area contributed by atoms with Crippen LogP contribution in [0.15, 0.2) is 52.1 Å². The van der Waals surface area contributed by atoms with Crippen molar-refractivity contribution in [1.29, 1.82) is 0 Å². The van der Waals surface area contributed by atoms with Crippen LogP contribution in [0.2, 0.25) is 0 Å². The van der Waals surface area contributed by atoms with E-state index >= 15 is 0 Å². The number of aromatic nitrogens is 2. The highest BCUT2D eigenvalue weighted by Crippen LogP contribution is 2.10. The van der Waals surface area contributed by atoms with Gasteiger partial charge in [-0.2, -0.15) is 0 Å². The Morgan fingerprint density at radius 1 is 1.04 bits per heavy atom. The quantitative estimate of drug-likeness (QED) is 0.745. The van der Waals surface area contributed by atoms with Crippen LogP contribution in [0.3, 0.4) is 0 Å². The highest BCUT2D eigenvalue weighted by Gasteiger charge is 2.11. The molecule has 118 valence electrons. The fourth-order valence-corrected chi connectivity index (χ4v) is 2.72. The summed E-state index contributed by atoms with van der Waals surface area (Å²) in [6.45, 7) is 2.17. The van der Waals surface area contributed by atoms with Gasteiger partial charge in [-0.3, -0.25) is 13.9 Å². The third kappa shape index (κ3) is 2.82. The molecule has 3 rings (SSSR count). The fourth-order valence-electron chi connectivity index (χ4n) is 2.72. The number of fused-ring (bicyclic) bond motifs is 1. The first kappa shape index (κ1) is 15.2. The van der Waals surface area contributed by atoms with Crippen LogP contribution in [0.5, 0.6) is 0 Å². The van der Waals surface area contributed by atoms with Crippen molar-refractivity contribution in [3.63, 3.8) is 0 Å². The molecule has 1 aromatic heterocycles. The summed E-state index contributed by atoms with van der Waals surface area (Å²) in [5, 5.41) is 0.534. The Hall–Kier alpha value is -2.69. The Morgan fingerprint density at radius 2 is 1.74 bits per heavy atom. The van der Waals surface area contributed by atoms with Crippen molar-refractivity contribution in [3.05, 3.63) is 80.2 Å². The number of nitrogens with zero attached hydrogens (tertiary/aromatic N) is 2. The van der Waals surface area contributed by atoms with Gasteiger partial charge in [0, 0.05) is 13.6 Å². The molecule has 0 aliphatic heterocycles. The molecule has 0 aliphatic rings. The second-order valence-corrected chi connectivity index (χ2v) is 5.70. The van der Waals surface area contributed by atoms with Crippen LogP contribution in [0, 0.1) is 12.7 Å². The van der Waals surface area contributed by atoms with Crippen molar-refractivity contribution in [2.24, 2.45) is 7.05 Å². The maximum Gasteiger partial charge on any atom is 0.331 e. The molecule has 0 atom stereocenters. The normalized spacial score (nSPS) is 11.1. The van der Waals surface area contributed by atoms with Crippen LogP contribution in [-0.2, 0) is 20.0 Å². The number of hydrogen-bond acceptors (Lipinski definition) is 2. The van der Waals surface area contributed by atoms with Crippen LogP contribution >= 0.6 is 0 Å². The number of rotatable bonds is 3. The average molecular weight is 312 g/mol. The van der Waals surface area contributed by atoms with Crippen molar-refractivity contribution in [3.8, 4) is 0 Å². The maximum absolute atomic E-state index is 12.9. The Morgan fingerprint density at radius 3 is 2.43 bits per heavy atom. The van der Waals surface area contributed by atoms with E-state index in [-0.39, 0.29) is 23.6 Å². The van der Waals surface area contributed by atoms with Gasteiger partial charge in [-0.15, -0.1) is 0 Å². The SMILES string of the molecule is Cc1ccc2c(c1)c(=O)n(CCc1ccc(F)cc1)c(=O)n2C. The molecule has 3 aromatic rings. The highest BCUT2D eigenvalue weighted by atomic mass is 19.1. The van der Waals surface area contributed by atoms with E-state index < -0.39 is 0 Å². The Bertz CT molecular complexity index is 985. The van der Waals surface area contributed by atoms with E-state index in [9.17, 15) is 14.0 Å². The minimum absolute atomic E-state index is 0.265. The molecule has 0 spiro atoms. The van der Waals surface area contributed by atoms with Crippen LogP contribution in [0.4, 0.5) is 4.39 Å². The largest absolute Gasteiger partial charge is 0.331 e. The zero-order chi connectivity index (χ0) is 16.6. The van der Waals surface area contributed by atoms with Crippen molar-refractivity contribution in [1.82, 2.24) is 9.13 Å². The van der Waals surface area contributed by atoms with Gasteiger partial charge in [0.15, 0.2) is 0 Å². The summed E-state index contributed by atoms with van der Waals surface area (Å²) in [6.07, 6.45) is 0.493. The second kappa shape index (κ2) is 5.83. The van der Waals surface area contributed by atoms with Gasteiger partial charge in [0.2, 0.25) is 0 Å². The molecule has 4 nitrogen and oxygen atoms in total. The van der Waals surface area contributed by atoms with Crippen molar-refractivity contribution in [2.45, 2.75) is 19.9 Å². The lowest BCUT2D eigenvalue weighted by Gasteiger charge is -2.11. The fraction of sp³-hybridized carbons (Fsp3) is 0.222. The summed E-state index contributed by atoms with van der Waals surface area (Å²) in [5.74, 6) is -0.303. The van der Waals surface area contributed by atoms with E-state index in [0.717, 1.165) is 11.1 Å². The summed E-state index contributed by atoms with van der Waals surface area (Å²) in [5.41, 5.74) is 1.86. The minimum atomic E-state index is -0.339. The van der Waals surface area contributed by atoms with E-state index in [0.29, 0.717) is 17.3 Å². The van der Waals surface area contributed by atoms with Crippen molar-refractivity contribution in [2.75, 3.05) is 0 Å². The third-order valence-electron chi connectivity index (χ3n) is 4.04. The van der Waals surface area contributed by atoms with E-state index in [1.807, 2.05) is 13.0 Å². The zero-order valence-electron chi connectivity index (χ0n) is 13.0. The van der Waals surface area contributed by atoms with E-state index in [1.165, 1.54) is 21.3 Å². The summed E-state index contributed by atoms with van der Waals surface area (Å²) in [6, 6.07) is 11.5. The third-order valence-corrected chi connectivity index (χ3v) is 4.04. The standard InChI is InChI=1S/C18H17FN2O2/c1-12-3-8-16-15(11-12)17(22)21(18(23)20(16)2)10-9-13-4-6-14(19)7-5-13/h3-8,11H,9-10H2,1-2H3. The number of hydrogen-bond donors (Lipinski definition) is 0. The van der Waals surface area contributed by atoms with Gasteiger partial charge in [0.1, 0.15) is 5.82 Å². The van der Waals surface area contributed by atoms with Gasteiger partial charge in [0.05, 0.1) is 10.9 Å². The average Bonchev–Trinajstić information content (AvgIpc) is 2.54. The first-order valence-corrected chi connectivity index (χ1v) is 7.42. The topological polar surface area (TPSA) is 44.0 Å². The van der Waals surface area contributed by atoms with Gasteiger partial charge in [-0.25, -0.2) is 9.18 Å². The van der Waals surface area contributed by atoms with Crippen molar-refractivity contribution >= 4 is 10.9 Å². The maximum atomic E-state index is 12.9. The molecule has 23 heavy (non-hydrogen) atoms. The first-order chi connectivity index (χ1) is 11.0. The molecule has 0 radical (unpaired) electrons. The second-order valence-electron chi connectivity index (χ2n) is 5.70. The molecule has 0 saturated heterocycles. The van der Waals surface area contributed by atoms with Crippen LogP contribution < -0.4 is 11.2 Å². The number of halogens is 1. The molecule has 1 heterocycles. The lowest BCUT2D eigenvalue weighted by atomic mass is 10.1. The van der Waals surface area contributed by atoms with Gasteiger partial charge < -0.3 is 0 Å². The van der Waals surface area contributed by atoms with E-state index in [4.69, 9.17) is 0 Å². The molecule has 0 bridgehead atoms. The summed E-state index contributed by atoms with van der Waals surface area (Å²) >= 11 is 0. The van der Waals surface area contributed by atoms with Crippen LogP contribution in [0.25, 0.3) is 10.9 Å². The molecule has 5 heteroatoms. The summed E-state index contributed by atoms with van der Waals surface area (Å²) in [4.78, 5) is 25.0. The molecule has 0 aliphatic carbocycles. The Balaban J connectivity index is 2.05. The van der Waals surface area contributed by atoms with Crippen molar-refractivity contribution < 1.29 is 4.39 Å². The lowest BCUT2D eigenvalue weighted by Crippen LogP contribution is -2.39. The molecule has 0 fully saturated rings. The number of aryl methyl sites for hydroxylation is 3. The van der Waals surface area contributed by atoms with Crippen LogP contribution in [-0.4, -0.2) is 9.13 Å². The molecular formula is C18H17FN2O2. The van der Waals surface area contributed by atoms with Gasteiger partial charge in [-0.05, 0) is 43.2 Å². The molecule has 0 amide bonds. The molecule has 0 saturated carbocycles. The molecule has 0 N–H and O–H groups in total. The highest BCUT2D eigenvalue weighted by molar-refractivity contribution is 5.78. The van der Waals surface area contributed by atoms with Gasteiger partial charge in [0.25, 0.3) is 5.56 Å². The van der Waals surface area contributed by atoms with Gasteiger partial charge in [-0.1, -0.05) is 23.8 Å². The smallest absolute Gasteiger partial charge is 0.296 e. The number of benzene rings is 2. The zero-order valence-corrected chi connectivity index (χ0v) is 13.0. The van der Waals surface area contributed by atoms with Gasteiger partial charge >= 0.3 is 5.69 Å². The summed E-state index contributed by atoms with van der Waals surface area (Å²) in [7, 11) is 1.66.